The van der Waals surface area contributed by atoms with Crippen molar-refractivity contribution in [1.29, 1.82) is 0 Å². The Bertz CT molecular complexity index is 102. The quantitative estimate of drug-likeness (QED) is 0.594. The third kappa shape index (κ3) is 7.47. The second kappa shape index (κ2) is 2.85. The summed E-state index contributed by atoms with van der Waals surface area (Å²) in [5.74, 6) is -0.329. The predicted molar refractivity (Wildman–Crippen MR) is 37.6 cm³/mol. The Kier molecular flexibility index (Phi) is 2.68. The maximum absolute atomic E-state index is 10.2. The molecule has 2 N–H and O–H groups in total. The van der Waals surface area contributed by atoms with Crippen LogP contribution in [0.3, 0.4) is 0 Å². The van der Waals surface area contributed by atoms with E-state index in [1.165, 1.54) is 6.42 Å². The van der Waals surface area contributed by atoms with Gasteiger partial charge in [-0.15, -0.1) is 0 Å². The van der Waals surface area contributed by atoms with Crippen molar-refractivity contribution >= 4 is 5.91 Å². The van der Waals surface area contributed by atoms with E-state index in [9.17, 15) is 4.79 Å². The molecule has 1 amide bonds. The Morgan fingerprint density at radius 3 is 2.11 bits per heavy atom. The molecule has 0 atom stereocenters. The number of hydrogen-bond acceptors (Lipinski definition) is 1. The molecule has 0 unspecified atom stereocenters. The van der Waals surface area contributed by atoms with Crippen molar-refractivity contribution < 1.29 is 4.79 Å². The molecule has 0 aromatic heterocycles. The van der Waals surface area contributed by atoms with Gasteiger partial charge in [0.1, 0.15) is 0 Å². The Balaban J connectivity index is 3.39. The summed E-state index contributed by atoms with van der Waals surface area (Å²) in [4.78, 5) is 10.2. The Labute approximate surface area is 56.4 Å². The van der Waals surface area contributed by atoms with E-state index in [2.05, 4.69) is 20.8 Å². The van der Waals surface area contributed by atoms with Crippen LogP contribution in [-0.2, 0) is 4.79 Å². The summed E-state index contributed by atoms with van der Waals surface area (Å²) >= 11 is 0. The van der Waals surface area contributed by atoms with Gasteiger partial charge in [-0.05, 0) is 11.8 Å². The van der Waals surface area contributed by atoms with Crippen molar-refractivity contribution in [3.05, 3.63) is 6.42 Å². The minimum absolute atomic E-state index is 0.176. The molecule has 0 heterocycles. The molecular weight excluding hydrogens is 114 g/mol. The molecule has 0 aliphatic heterocycles. The Morgan fingerprint density at radius 1 is 1.56 bits per heavy atom. The topological polar surface area (TPSA) is 43.1 Å². The van der Waals surface area contributed by atoms with Crippen molar-refractivity contribution in [3.63, 3.8) is 0 Å². The van der Waals surface area contributed by atoms with Crippen LogP contribution in [0.4, 0.5) is 0 Å². The van der Waals surface area contributed by atoms with Gasteiger partial charge in [-0.1, -0.05) is 20.8 Å². The Morgan fingerprint density at radius 2 is 2.00 bits per heavy atom. The molecule has 0 saturated carbocycles. The molecule has 9 heavy (non-hydrogen) atoms. The third-order valence-electron chi connectivity index (χ3n) is 0.916. The fourth-order valence-corrected chi connectivity index (χ4v) is 0.407. The van der Waals surface area contributed by atoms with Gasteiger partial charge in [-0.25, -0.2) is 0 Å². The maximum atomic E-state index is 10.2. The van der Waals surface area contributed by atoms with Crippen molar-refractivity contribution in [3.8, 4) is 0 Å². The van der Waals surface area contributed by atoms with Gasteiger partial charge in [-0.3, -0.25) is 4.79 Å². The summed E-state index contributed by atoms with van der Waals surface area (Å²) in [6.45, 7) is 6.19. The molecule has 0 aromatic carbocycles. The molecule has 0 aromatic rings. The summed E-state index contributed by atoms with van der Waals surface area (Å²) in [5.41, 5.74) is 5.08. The summed E-state index contributed by atoms with van der Waals surface area (Å²) in [7, 11) is 0. The van der Waals surface area contributed by atoms with Crippen LogP contribution in [0, 0.1) is 11.8 Å². The van der Waals surface area contributed by atoms with E-state index in [0.29, 0.717) is 0 Å². The van der Waals surface area contributed by atoms with Crippen LogP contribution in [0.5, 0.6) is 0 Å². The summed E-state index contributed by atoms with van der Waals surface area (Å²) in [5, 5.41) is 0. The van der Waals surface area contributed by atoms with E-state index >= 15 is 0 Å². The average Bonchev–Trinajstić information content (AvgIpc) is 1.59. The van der Waals surface area contributed by atoms with Crippen molar-refractivity contribution in [2.45, 2.75) is 27.2 Å². The van der Waals surface area contributed by atoms with Crippen LogP contribution in [0.15, 0.2) is 0 Å². The van der Waals surface area contributed by atoms with Crippen LogP contribution >= 0.6 is 0 Å². The summed E-state index contributed by atoms with van der Waals surface area (Å²) in [6.07, 6.45) is 2.27. The first-order valence-corrected chi connectivity index (χ1v) is 3.04. The molecule has 0 fully saturated rings. The first kappa shape index (κ1) is 8.47. The highest BCUT2D eigenvalue weighted by molar-refractivity contribution is 5.82. The van der Waals surface area contributed by atoms with Gasteiger partial charge in [0.05, 0.1) is 0 Å². The largest absolute Gasteiger partial charge is 0.369 e. The first-order chi connectivity index (χ1) is 3.92. The standard InChI is InChI=1S/C7H14NO/c1-7(2,3)5-4-6(8)9/h4H,5H2,1-3H3,(H2,8,9). The zero-order valence-electron chi connectivity index (χ0n) is 6.27. The lowest BCUT2D eigenvalue weighted by Crippen LogP contribution is -2.15. The highest BCUT2D eigenvalue weighted by Gasteiger charge is 2.10. The lowest BCUT2D eigenvalue weighted by atomic mass is 9.90. The molecule has 53 valence electrons. The average molecular weight is 128 g/mol. The van der Waals surface area contributed by atoms with E-state index in [0.717, 1.165) is 6.42 Å². The van der Waals surface area contributed by atoms with E-state index in [-0.39, 0.29) is 11.3 Å². The molecule has 0 rings (SSSR count). The lowest BCUT2D eigenvalue weighted by Gasteiger charge is -2.15. The van der Waals surface area contributed by atoms with Gasteiger partial charge < -0.3 is 5.73 Å². The molecule has 0 spiro atoms. The zero-order chi connectivity index (χ0) is 7.49. The summed E-state index contributed by atoms with van der Waals surface area (Å²) in [6, 6.07) is 0. The normalized spacial score (nSPS) is 11.4. The SMILES string of the molecule is CC(C)(C)C[CH]C(N)=O. The first-order valence-electron chi connectivity index (χ1n) is 3.04. The number of amides is 1. The molecule has 0 bridgehead atoms. The number of rotatable bonds is 2. The molecule has 1 radical (unpaired) electrons. The minimum atomic E-state index is -0.329. The van der Waals surface area contributed by atoms with Crippen molar-refractivity contribution in [2.75, 3.05) is 0 Å². The molecule has 0 aliphatic rings. The van der Waals surface area contributed by atoms with Crippen molar-refractivity contribution in [2.24, 2.45) is 11.1 Å². The van der Waals surface area contributed by atoms with Crippen LogP contribution in [0.25, 0.3) is 0 Å². The summed E-state index contributed by atoms with van der Waals surface area (Å²) < 4.78 is 0. The second-order valence-electron chi connectivity index (χ2n) is 3.37. The monoisotopic (exact) mass is 128 g/mol. The second-order valence-corrected chi connectivity index (χ2v) is 3.37. The zero-order valence-corrected chi connectivity index (χ0v) is 6.27. The van der Waals surface area contributed by atoms with E-state index in [1.54, 1.807) is 0 Å². The van der Waals surface area contributed by atoms with Gasteiger partial charge in [0.15, 0.2) is 0 Å². The van der Waals surface area contributed by atoms with Crippen LogP contribution in [0.2, 0.25) is 0 Å². The molecule has 2 heteroatoms. The van der Waals surface area contributed by atoms with E-state index in [1.807, 2.05) is 0 Å². The number of carbonyl (C=O) groups excluding carboxylic acids is 1. The predicted octanol–water partition coefficient (Wildman–Crippen LogP) is 1.11. The highest BCUT2D eigenvalue weighted by atomic mass is 16.1. The van der Waals surface area contributed by atoms with Gasteiger partial charge in [0.2, 0.25) is 5.91 Å². The smallest absolute Gasteiger partial charge is 0.221 e. The van der Waals surface area contributed by atoms with E-state index < -0.39 is 0 Å². The fraction of sp³-hybridized carbons (Fsp3) is 0.714. The van der Waals surface area contributed by atoms with Gasteiger partial charge in [-0.2, -0.15) is 0 Å². The molecule has 0 aliphatic carbocycles. The highest BCUT2D eigenvalue weighted by Crippen LogP contribution is 2.19. The number of primary amides is 1. The van der Waals surface area contributed by atoms with Crippen LogP contribution in [0.1, 0.15) is 27.2 Å². The number of hydrogen-bond donors (Lipinski definition) is 1. The van der Waals surface area contributed by atoms with E-state index in [4.69, 9.17) is 5.73 Å². The minimum Gasteiger partial charge on any atom is -0.369 e. The number of carbonyl (C=O) groups is 1. The van der Waals surface area contributed by atoms with Crippen LogP contribution < -0.4 is 5.73 Å². The van der Waals surface area contributed by atoms with Gasteiger partial charge in [0, 0.05) is 6.42 Å². The Hall–Kier alpha value is -0.530. The number of nitrogens with two attached hydrogens (primary N) is 1. The molecule has 0 saturated heterocycles. The molecular formula is C7H14NO. The van der Waals surface area contributed by atoms with Gasteiger partial charge >= 0.3 is 0 Å². The molecule has 2 nitrogen and oxygen atoms in total. The van der Waals surface area contributed by atoms with Crippen molar-refractivity contribution in [1.82, 2.24) is 0 Å². The lowest BCUT2D eigenvalue weighted by molar-refractivity contribution is -0.115. The fourth-order valence-electron chi connectivity index (χ4n) is 0.407. The third-order valence-corrected chi connectivity index (χ3v) is 0.916. The van der Waals surface area contributed by atoms with Gasteiger partial charge in [0.25, 0.3) is 0 Å². The maximum Gasteiger partial charge on any atom is 0.221 e. The van der Waals surface area contributed by atoms with Crippen LogP contribution in [-0.4, -0.2) is 5.91 Å².